The number of hydrogen-bond acceptors (Lipinski definition) is 7. The number of nitrogens with zero attached hydrogens (tertiary/aromatic N) is 2. The lowest BCUT2D eigenvalue weighted by Crippen LogP contribution is -2.15. The molecule has 0 spiro atoms. The first-order valence-electron chi connectivity index (χ1n) is 7.48. The molecule has 1 amide bonds. The van der Waals surface area contributed by atoms with Gasteiger partial charge in [0.05, 0.1) is 0 Å². The minimum atomic E-state index is -0.509. The van der Waals surface area contributed by atoms with Crippen LogP contribution in [-0.4, -0.2) is 34.5 Å². The molecule has 0 aliphatic heterocycles. The third-order valence-electron chi connectivity index (χ3n) is 3.09. The van der Waals surface area contributed by atoms with E-state index in [1.54, 1.807) is 31.2 Å². The Kier molecular flexibility index (Phi) is 7.20. The summed E-state index contributed by atoms with van der Waals surface area (Å²) in [5.74, 6) is -1.02. The Morgan fingerprint density at radius 1 is 1.16 bits per heavy atom. The van der Waals surface area contributed by atoms with E-state index >= 15 is 0 Å². The van der Waals surface area contributed by atoms with Crippen LogP contribution in [0.15, 0.2) is 28.7 Å². The molecule has 2 rings (SSSR count). The van der Waals surface area contributed by atoms with Gasteiger partial charge in [-0.05, 0) is 25.5 Å². The fourth-order valence-electron chi connectivity index (χ4n) is 1.86. The number of esters is 1. The van der Waals surface area contributed by atoms with Gasteiger partial charge in [-0.25, -0.2) is 0 Å². The molecule has 0 radical (unpaired) electrons. The van der Waals surface area contributed by atoms with Crippen molar-refractivity contribution >= 4 is 50.1 Å². The molecular weight excluding hydrogens is 410 g/mol. The minimum absolute atomic E-state index is 0.0657. The number of nitrogens with one attached hydrogen (secondary N) is 1. The molecule has 0 fully saturated rings. The van der Waals surface area contributed by atoms with E-state index in [0.717, 1.165) is 9.48 Å². The minimum Gasteiger partial charge on any atom is -0.457 e. The van der Waals surface area contributed by atoms with E-state index in [0.29, 0.717) is 17.1 Å². The number of rotatable bonds is 8. The molecule has 0 saturated carbocycles. The molecule has 0 aliphatic rings. The number of Topliss-reactive ketones (excluding diaryl/α,β-unsaturated/α-hetero) is 1. The average molecular weight is 426 g/mol. The molecule has 7 nitrogen and oxygen atoms in total. The van der Waals surface area contributed by atoms with Crippen molar-refractivity contribution in [3.8, 4) is 0 Å². The first-order valence-corrected chi connectivity index (χ1v) is 9.09. The Morgan fingerprint density at radius 3 is 2.52 bits per heavy atom. The number of carbonyl (C=O) groups excluding carboxylic acids is 3. The van der Waals surface area contributed by atoms with E-state index in [-0.39, 0.29) is 31.1 Å². The first-order chi connectivity index (χ1) is 11.9. The van der Waals surface area contributed by atoms with Crippen LogP contribution in [0.5, 0.6) is 0 Å². The van der Waals surface area contributed by atoms with E-state index in [4.69, 9.17) is 4.74 Å². The molecule has 0 atom stereocenters. The zero-order valence-corrected chi connectivity index (χ0v) is 15.9. The van der Waals surface area contributed by atoms with E-state index in [9.17, 15) is 14.4 Å². The van der Waals surface area contributed by atoms with Gasteiger partial charge in [0.25, 0.3) is 0 Å². The molecule has 1 aromatic heterocycles. The third kappa shape index (κ3) is 6.71. The summed E-state index contributed by atoms with van der Waals surface area (Å²) in [4.78, 5) is 35.2. The van der Waals surface area contributed by atoms with E-state index in [1.807, 2.05) is 0 Å². The fourth-order valence-corrected chi connectivity index (χ4v) is 2.73. The van der Waals surface area contributed by atoms with Crippen molar-refractivity contribution in [2.24, 2.45) is 0 Å². The van der Waals surface area contributed by atoms with Crippen molar-refractivity contribution in [3.63, 3.8) is 0 Å². The summed E-state index contributed by atoms with van der Waals surface area (Å²) in [5, 5.41) is 11.4. The number of aryl methyl sites for hydroxylation is 1. The van der Waals surface area contributed by atoms with Crippen LogP contribution in [0.2, 0.25) is 0 Å². The van der Waals surface area contributed by atoms with Crippen LogP contribution in [0, 0.1) is 6.92 Å². The Bertz CT molecular complexity index is 761. The number of amides is 1. The number of ether oxygens (including phenoxy) is 1. The summed E-state index contributed by atoms with van der Waals surface area (Å²) < 4.78 is 5.80. The largest absolute Gasteiger partial charge is 0.457 e. The molecule has 0 bridgehead atoms. The standard InChI is InChI=1S/C16H16BrN3O4S/c1-10-19-20-16(25-10)18-14(22)3-2-4-15(23)24-9-13(21)11-5-7-12(17)8-6-11/h5-8H,2-4,9H2,1H3,(H,18,20,22). The molecule has 0 saturated heterocycles. The summed E-state index contributed by atoms with van der Waals surface area (Å²) in [5.41, 5.74) is 0.475. The average Bonchev–Trinajstić information content (AvgIpc) is 2.98. The molecular formula is C16H16BrN3O4S. The summed E-state index contributed by atoms with van der Waals surface area (Å²) in [7, 11) is 0. The Hall–Kier alpha value is -2.13. The molecule has 25 heavy (non-hydrogen) atoms. The maximum Gasteiger partial charge on any atom is 0.306 e. The highest BCUT2D eigenvalue weighted by Gasteiger charge is 2.11. The smallest absolute Gasteiger partial charge is 0.306 e. The zero-order chi connectivity index (χ0) is 18.2. The van der Waals surface area contributed by atoms with Crippen LogP contribution >= 0.6 is 27.3 Å². The van der Waals surface area contributed by atoms with Crippen molar-refractivity contribution in [2.45, 2.75) is 26.2 Å². The predicted molar refractivity (Wildman–Crippen MR) is 96.6 cm³/mol. The lowest BCUT2D eigenvalue weighted by molar-refractivity contribution is -0.142. The van der Waals surface area contributed by atoms with Gasteiger partial charge < -0.3 is 10.1 Å². The molecule has 1 heterocycles. The Labute approximate surface area is 156 Å². The molecule has 0 aliphatic carbocycles. The van der Waals surface area contributed by atoms with Crippen LogP contribution in [-0.2, 0) is 14.3 Å². The maximum atomic E-state index is 11.9. The molecule has 9 heteroatoms. The van der Waals surface area contributed by atoms with Gasteiger partial charge in [0.1, 0.15) is 5.01 Å². The van der Waals surface area contributed by atoms with E-state index in [1.165, 1.54) is 11.3 Å². The second-order valence-electron chi connectivity index (χ2n) is 5.12. The van der Waals surface area contributed by atoms with E-state index < -0.39 is 5.97 Å². The third-order valence-corrected chi connectivity index (χ3v) is 4.37. The zero-order valence-electron chi connectivity index (χ0n) is 13.5. The molecule has 0 unspecified atom stereocenters. The highest BCUT2D eigenvalue weighted by Crippen LogP contribution is 2.14. The van der Waals surface area contributed by atoms with Gasteiger partial charge >= 0.3 is 5.97 Å². The number of ketones is 1. The number of halogens is 1. The lowest BCUT2D eigenvalue weighted by Gasteiger charge is -2.05. The number of benzene rings is 1. The van der Waals surface area contributed by atoms with Crippen LogP contribution in [0.25, 0.3) is 0 Å². The SMILES string of the molecule is Cc1nnc(NC(=O)CCCC(=O)OCC(=O)c2ccc(Br)cc2)s1. The second kappa shape index (κ2) is 9.38. The van der Waals surface area contributed by atoms with Crippen LogP contribution in [0.3, 0.4) is 0 Å². The van der Waals surface area contributed by atoms with Crippen molar-refractivity contribution in [1.82, 2.24) is 10.2 Å². The van der Waals surface area contributed by atoms with Gasteiger partial charge in [-0.15, -0.1) is 10.2 Å². The van der Waals surface area contributed by atoms with Gasteiger partial charge in [-0.3, -0.25) is 14.4 Å². The monoisotopic (exact) mass is 425 g/mol. The Morgan fingerprint density at radius 2 is 1.88 bits per heavy atom. The van der Waals surface area contributed by atoms with Crippen LogP contribution in [0.1, 0.15) is 34.6 Å². The predicted octanol–water partition coefficient (Wildman–Crippen LogP) is 3.14. The summed E-state index contributed by atoms with van der Waals surface area (Å²) in [6, 6.07) is 6.79. The number of aromatic nitrogens is 2. The topological polar surface area (TPSA) is 98.2 Å². The van der Waals surface area contributed by atoms with Crippen molar-refractivity contribution in [2.75, 3.05) is 11.9 Å². The summed E-state index contributed by atoms with van der Waals surface area (Å²) in [6.07, 6.45) is 0.555. The fraction of sp³-hybridized carbons (Fsp3) is 0.312. The second-order valence-corrected chi connectivity index (χ2v) is 7.22. The van der Waals surface area contributed by atoms with Gasteiger partial charge in [-0.2, -0.15) is 0 Å². The molecule has 2 aromatic rings. The molecule has 1 N–H and O–H groups in total. The summed E-state index contributed by atoms with van der Waals surface area (Å²) in [6.45, 7) is 1.48. The lowest BCUT2D eigenvalue weighted by atomic mass is 10.1. The normalized spacial score (nSPS) is 10.3. The first kappa shape index (κ1) is 19.2. The molecule has 132 valence electrons. The summed E-state index contributed by atoms with van der Waals surface area (Å²) >= 11 is 4.56. The van der Waals surface area contributed by atoms with Crippen molar-refractivity contribution < 1.29 is 19.1 Å². The van der Waals surface area contributed by atoms with Gasteiger partial charge in [0.15, 0.2) is 12.4 Å². The maximum absolute atomic E-state index is 11.9. The van der Waals surface area contributed by atoms with Gasteiger partial charge in [-0.1, -0.05) is 39.4 Å². The van der Waals surface area contributed by atoms with E-state index in [2.05, 4.69) is 31.4 Å². The number of anilines is 1. The van der Waals surface area contributed by atoms with Crippen molar-refractivity contribution in [3.05, 3.63) is 39.3 Å². The quantitative estimate of drug-likeness (QED) is 0.515. The van der Waals surface area contributed by atoms with Crippen LogP contribution < -0.4 is 5.32 Å². The highest BCUT2D eigenvalue weighted by atomic mass is 79.9. The number of hydrogen-bond donors (Lipinski definition) is 1. The molecule has 1 aromatic carbocycles. The van der Waals surface area contributed by atoms with Crippen LogP contribution in [0.4, 0.5) is 5.13 Å². The highest BCUT2D eigenvalue weighted by molar-refractivity contribution is 9.10. The Balaban J connectivity index is 1.64. The number of carbonyl (C=O) groups is 3. The van der Waals surface area contributed by atoms with Crippen molar-refractivity contribution in [1.29, 1.82) is 0 Å². The van der Waals surface area contributed by atoms with Gasteiger partial charge in [0, 0.05) is 22.9 Å². The van der Waals surface area contributed by atoms with Gasteiger partial charge in [0.2, 0.25) is 11.0 Å².